The molecule has 2 heterocycles. The van der Waals surface area contributed by atoms with Crippen molar-refractivity contribution in [2.24, 2.45) is 7.05 Å². The highest BCUT2D eigenvalue weighted by Crippen LogP contribution is 2.13. The van der Waals surface area contributed by atoms with E-state index in [2.05, 4.69) is 20.0 Å². The Morgan fingerprint density at radius 1 is 1.45 bits per heavy atom. The van der Waals surface area contributed by atoms with E-state index >= 15 is 0 Å². The molecule has 0 spiro atoms. The van der Waals surface area contributed by atoms with Crippen LogP contribution in [0.5, 0.6) is 0 Å². The van der Waals surface area contributed by atoms with E-state index in [1.165, 1.54) is 0 Å². The van der Waals surface area contributed by atoms with Gasteiger partial charge in [-0.05, 0) is 13.1 Å². The fraction of sp³-hybridized carbons (Fsp3) is 0.417. The Morgan fingerprint density at radius 2 is 2.25 bits per heavy atom. The van der Waals surface area contributed by atoms with Gasteiger partial charge in [0.25, 0.3) is 0 Å². The average molecular weight is 297 g/mol. The molecule has 0 bridgehead atoms. The van der Waals surface area contributed by atoms with Crippen molar-refractivity contribution in [3.05, 3.63) is 36.2 Å². The first-order valence-electron chi connectivity index (χ1n) is 6.29. The minimum Gasteiger partial charge on any atom is -0.352 e. The summed E-state index contributed by atoms with van der Waals surface area (Å²) >= 11 is 0. The van der Waals surface area contributed by atoms with Crippen LogP contribution in [0, 0.1) is 0 Å². The molecular formula is C12H19N5O2S. The van der Waals surface area contributed by atoms with Crippen LogP contribution in [-0.4, -0.2) is 36.5 Å². The van der Waals surface area contributed by atoms with Crippen LogP contribution < -0.4 is 10.0 Å². The molecule has 0 saturated carbocycles. The third-order valence-corrected chi connectivity index (χ3v) is 4.42. The lowest BCUT2D eigenvalue weighted by molar-refractivity contribution is 0.581. The number of aryl methyl sites for hydroxylation is 1. The number of aromatic nitrogens is 3. The molecule has 0 radical (unpaired) electrons. The predicted molar refractivity (Wildman–Crippen MR) is 75.7 cm³/mol. The summed E-state index contributed by atoms with van der Waals surface area (Å²) in [6.45, 7) is 0.959. The van der Waals surface area contributed by atoms with Gasteiger partial charge in [0, 0.05) is 50.3 Å². The molecule has 3 N–H and O–H groups in total. The molecule has 0 unspecified atom stereocenters. The number of imidazole rings is 1. The van der Waals surface area contributed by atoms with Gasteiger partial charge in [-0.25, -0.2) is 18.1 Å². The Morgan fingerprint density at radius 3 is 2.90 bits per heavy atom. The van der Waals surface area contributed by atoms with Crippen LogP contribution in [0.25, 0.3) is 0 Å². The van der Waals surface area contributed by atoms with Crippen LogP contribution >= 0.6 is 0 Å². The van der Waals surface area contributed by atoms with Crippen LogP contribution in [0.1, 0.15) is 11.4 Å². The van der Waals surface area contributed by atoms with Crippen LogP contribution in [0.15, 0.2) is 29.7 Å². The minimum atomic E-state index is -3.47. The molecule has 7 nitrogen and oxygen atoms in total. The number of sulfonamides is 1. The quantitative estimate of drug-likeness (QED) is 0.670. The Labute approximate surface area is 118 Å². The fourth-order valence-corrected chi connectivity index (χ4v) is 3.03. The molecule has 0 aliphatic carbocycles. The first kappa shape index (κ1) is 14.8. The normalized spacial score (nSPS) is 11.9. The molecule has 0 saturated heterocycles. The number of hydrogen-bond acceptors (Lipinski definition) is 4. The minimum absolute atomic E-state index is 0.287. The average Bonchev–Trinajstić information content (AvgIpc) is 3.01. The molecule has 2 aromatic rings. The van der Waals surface area contributed by atoms with Crippen molar-refractivity contribution in [3.63, 3.8) is 0 Å². The Hall–Kier alpha value is -1.64. The van der Waals surface area contributed by atoms with Crippen molar-refractivity contribution in [2.75, 3.05) is 13.6 Å². The van der Waals surface area contributed by atoms with Crippen LogP contribution in [-0.2, 0) is 30.0 Å². The molecule has 2 rings (SSSR count). The molecule has 0 fully saturated rings. The summed E-state index contributed by atoms with van der Waals surface area (Å²) in [4.78, 5) is 7.11. The topological polar surface area (TPSA) is 91.8 Å². The molecule has 8 heteroatoms. The largest absolute Gasteiger partial charge is 0.352 e. The highest BCUT2D eigenvalue weighted by atomic mass is 32.2. The molecular weight excluding hydrogens is 278 g/mol. The first-order valence-corrected chi connectivity index (χ1v) is 7.78. The maximum Gasteiger partial charge on any atom is 0.242 e. The number of nitrogens with zero attached hydrogens (tertiary/aromatic N) is 2. The molecule has 0 aromatic carbocycles. The molecule has 20 heavy (non-hydrogen) atoms. The molecule has 0 atom stereocenters. The SMILES string of the molecule is CNCc1cc(S(=O)(=O)NCCc2cnc[nH]2)cn1C. The Balaban J connectivity index is 2.00. The lowest BCUT2D eigenvalue weighted by Crippen LogP contribution is -2.25. The van der Waals surface area contributed by atoms with E-state index in [9.17, 15) is 8.42 Å². The first-order chi connectivity index (χ1) is 9.53. The van der Waals surface area contributed by atoms with Gasteiger partial charge in [-0.1, -0.05) is 0 Å². The van der Waals surface area contributed by atoms with Crippen LogP contribution in [0.4, 0.5) is 0 Å². The van der Waals surface area contributed by atoms with Crippen molar-refractivity contribution >= 4 is 10.0 Å². The zero-order valence-corrected chi connectivity index (χ0v) is 12.4. The summed E-state index contributed by atoms with van der Waals surface area (Å²) in [5, 5.41) is 3.00. The van der Waals surface area contributed by atoms with Gasteiger partial charge in [0.2, 0.25) is 10.0 Å². The van der Waals surface area contributed by atoms with E-state index in [4.69, 9.17) is 0 Å². The molecule has 0 aliphatic rings. The second-order valence-corrected chi connectivity index (χ2v) is 6.30. The molecule has 0 aliphatic heterocycles. The van der Waals surface area contributed by atoms with E-state index in [1.807, 2.05) is 14.1 Å². The zero-order valence-electron chi connectivity index (χ0n) is 11.5. The Kier molecular flexibility index (Phi) is 4.58. The summed E-state index contributed by atoms with van der Waals surface area (Å²) in [5.74, 6) is 0. The molecule has 110 valence electrons. The predicted octanol–water partition coefficient (Wildman–Crippen LogP) is -0.0114. The summed E-state index contributed by atoms with van der Waals surface area (Å²) in [7, 11) is 0.186. The van der Waals surface area contributed by atoms with Gasteiger partial charge in [0.15, 0.2) is 0 Å². The summed E-state index contributed by atoms with van der Waals surface area (Å²) < 4.78 is 28.7. The number of rotatable bonds is 7. The van der Waals surface area contributed by atoms with E-state index in [0.29, 0.717) is 19.5 Å². The standard InChI is InChI=1S/C12H19N5O2S/c1-13-7-11-5-12(8-17(11)2)20(18,19)16-4-3-10-6-14-9-15-10/h5-6,8-9,13,16H,3-4,7H2,1-2H3,(H,14,15). The maximum atomic E-state index is 12.2. The van der Waals surface area contributed by atoms with Gasteiger partial charge in [-0.3, -0.25) is 0 Å². The van der Waals surface area contributed by atoms with E-state index in [1.54, 1.807) is 29.4 Å². The van der Waals surface area contributed by atoms with Gasteiger partial charge >= 0.3 is 0 Å². The van der Waals surface area contributed by atoms with E-state index in [0.717, 1.165) is 11.4 Å². The van der Waals surface area contributed by atoms with Crippen LogP contribution in [0.2, 0.25) is 0 Å². The highest BCUT2D eigenvalue weighted by Gasteiger charge is 2.16. The van der Waals surface area contributed by atoms with Gasteiger partial charge < -0.3 is 14.9 Å². The lowest BCUT2D eigenvalue weighted by Gasteiger charge is -2.03. The van der Waals surface area contributed by atoms with E-state index < -0.39 is 10.0 Å². The summed E-state index contributed by atoms with van der Waals surface area (Å²) in [6.07, 6.45) is 5.45. The Bertz CT molecular complexity index is 645. The van der Waals surface area contributed by atoms with Crippen molar-refractivity contribution in [1.29, 1.82) is 0 Å². The van der Waals surface area contributed by atoms with Crippen molar-refractivity contribution in [3.8, 4) is 0 Å². The molecule has 0 amide bonds. The van der Waals surface area contributed by atoms with Gasteiger partial charge in [-0.2, -0.15) is 0 Å². The number of hydrogen-bond donors (Lipinski definition) is 3. The summed E-state index contributed by atoms with van der Waals surface area (Å²) in [6, 6.07) is 1.68. The van der Waals surface area contributed by atoms with Crippen molar-refractivity contribution in [2.45, 2.75) is 17.9 Å². The molecule has 2 aromatic heterocycles. The number of nitrogens with one attached hydrogen (secondary N) is 3. The van der Waals surface area contributed by atoms with Gasteiger partial charge in [-0.15, -0.1) is 0 Å². The van der Waals surface area contributed by atoms with Crippen LogP contribution in [0.3, 0.4) is 0 Å². The number of H-pyrrole nitrogens is 1. The lowest BCUT2D eigenvalue weighted by atomic mass is 10.3. The van der Waals surface area contributed by atoms with E-state index in [-0.39, 0.29) is 4.90 Å². The van der Waals surface area contributed by atoms with Crippen molar-refractivity contribution in [1.82, 2.24) is 24.6 Å². The second kappa shape index (κ2) is 6.21. The third kappa shape index (κ3) is 3.47. The zero-order chi connectivity index (χ0) is 14.6. The van der Waals surface area contributed by atoms with Gasteiger partial charge in [0.1, 0.15) is 0 Å². The maximum absolute atomic E-state index is 12.2. The smallest absolute Gasteiger partial charge is 0.242 e. The fourth-order valence-electron chi connectivity index (χ4n) is 1.91. The second-order valence-electron chi connectivity index (χ2n) is 4.53. The van der Waals surface area contributed by atoms with Gasteiger partial charge in [0.05, 0.1) is 11.2 Å². The third-order valence-electron chi connectivity index (χ3n) is 2.99. The number of aromatic amines is 1. The van der Waals surface area contributed by atoms with Crippen molar-refractivity contribution < 1.29 is 8.42 Å². The summed E-state index contributed by atoms with van der Waals surface area (Å²) in [5.41, 5.74) is 1.82. The highest BCUT2D eigenvalue weighted by molar-refractivity contribution is 7.89. The monoisotopic (exact) mass is 297 g/mol.